The third-order valence-electron chi connectivity index (χ3n) is 9.99. The predicted octanol–water partition coefficient (Wildman–Crippen LogP) is -1.70. The molecule has 4 unspecified atom stereocenters. The third kappa shape index (κ3) is 5.21. The molecule has 0 spiro atoms. The number of nitrogens with zero attached hydrogens (tertiary/aromatic N) is 7. The number of nitrogens with one attached hydrogen (secondary N) is 2. The Balaban J connectivity index is 1.08. The van der Waals surface area contributed by atoms with Crippen LogP contribution in [0.2, 0.25) is 0 Å². The molecule has 5 aliphatic rings. The Bertz CT molecular complexity index is 1320. The van der Waals surface area contributed by atoms with Crippen LogP contribution in [-0.2, 0) is 25.7 Å². The Morgan fingerprint density at radius 3 is 2.84 bits per heavy atom. The quantitative estimate of drug-likeness (QED) is 0.218. The van der Waals surface area contributed by atoms with E-state index in [1.807, 2.05) is 11.8 Å². The number of likely N-dealkylation sites (tertiary alicyclic amines) is 2. The van der Waals surface area contributed by atoms with Crippen LogP contribution >= 0.6 is 11.8 Å². The van der Waals surface area contributed by atoms with Gasteiger partial charge in [-0.1, -0.05) is 13.8 Å². The van der Waals surface area contributed by atoms with Crippen molar-refractivity contribution in [2.75, 3.05) is 39.3 Å². The number of carboxylic acids is 1. The summed E-state index contributed by atoms with van der Waals surface area (Å²) in [4.78, 5) is 58.2. The molecule has 0 radical (unpaired) electrons. The van der Waals surface area contributed by atoms with Gasteiger partial charge in [-0.3, -0.25) is 19.3 Å². The molecule has 0 aromatic carbocycles. The van der Waals surface area contributed by atoms with Crippen molar-refractivity contribution in [1.82, 2.24) is 45.5 Å². The molecule has 4 saturated heterocycles. The summed E-state index contributed by atoms with van der Waals surface area (Å²) in [5, 5.41) is 27.1. The molecule has 234 valence electrons. The fraction of sp³-hybridized carbons (Fsp3) is 0.741. The fourth-order valence-corrected chi connectivity index (χ4v) is 9.34. The molecule has 5 aliphatic heterocycles. The van der Waals surface area contributed by atoms with Crippen molar-refractivity contribution in [3.63, 3.8) is 0 Å². The van der Waals surface area contributed by atoms with E-state index in [4.69, 9.17) is 5.73 Å². The van der Waals surface area contributed by atoms with E-state index in [-0.39, 0.29) is 58.6 Å². The van der Waals surface area contributed by atoms with E-state index in [0.717, 1.165) is 26.1 Å². The molecule has 8 atom stereocenters. The Morgan fingerprint density at radius 1 is 1.35 bits per heavy atom. The van der Waals surface area contributed by atoms with Crippen molar-refractivity contribution >= 4 is 35.5 Å². The van der Waals surface area contributed by atoms with E-state index in [0.29, 0.717) is 37.0 Å². The molecule has 15 nitrogen and oxygen atoms in total. The molecule has 4 fully saturated rings. The van der Waals surface area contributed by atoms with Crippen LogP contribution in [0.15, 0.2) is 16.9 Å². The van der Waals surface area contributed by atoms with E-state index in [9.17, 15) is 24.3 Å². The second kappa shape index (κ2) is 11.4. The molecule has 1 aromatic rings. The van der Waals surface area contributed by atoms with Crippen molar-refractivity contribution in [3.8, 4) is 0 Å². The molecule has 0 aliphatic carbocycles. The number of fused-ring (bicyclic) bond motifs is 2. The summed E-state index contributed by atoms with van der Waals surface area (Å²) in [6.07, 6.45) is 2.97. The highest BCUT2D eigenvalue weighted by molar-refractivity contribution is 8.03. The van der Waals surface area contributed by atoms with Crippen molar-refractivity contribution in [3.05, 3.63) is 16.9 Å². The van der Waals surface area contributed by atoms with E-state index in [2.05, 4.69) is 38.0 Å². The molecular weight excluding hydrogens is 576 g/mol. The summed E-state index contributed by atoms with van der Waals surface area (Å²) < 4.78 is 1.29. The van der Waals surface area contributed by atoms with E-state index in [1.54, 1.807) is 6.92 Å². The van der Waals surface area contributed by atoms with Gasteiger partial charge in [-0.15, -0.1) is 16.9 Å². The van der Waals surface area contributed by atoms with E-state index < -0.39 is 17.9 Å². The van der Waals surface area contributed by atoms with Gasteiger partial charge in [-0.2, -0.15) is 0 Å². The number of carbonyl (C=O) groups excluding carboxylic acids is 3. The minimum atomic E-state index is -1.14. The number of thioether (sulfide) groups is 1. The highest BCUT2D eigenvalue weighted by Crippen LogP contribution is 2.52. The smallest absolute Gasteiger partial charge is 0.353 e. The van der Waals surface area contributed by atoms with Crippen molar-refractivity contribution in [1.29, 1.82) is 0 Å². The number of carbonyl (C=O) groups is 4. The maximum Gasteiger partial charge on any atom is 0.353 e. The molecule has 16 heteroatoms. The lowest BCUT2D eigenvalue weighted by Crippen LogP contribution is -2.66. The van der Waals surface area contributed by atoms with Gasteiger partial charge in [0.1, 0.15) is 18.6 Å². The Hall–Kier alpha value is -3.08. The molecule has 6 heterocycles. The second-order valence-electron chi connectivity index (χ2n) is 12.8. The number of rotatable bonds is 10. The van der Waals surface area contributed by atoms with Crippen LogP contribution < -0.4 is 16.4 Å². The van der Waals surface area contributed by atoms with Gasteiger partial charge < -0.3 is 31.3 Å². The first-order chi connectivity index (χ1) is 20.5. The Morgan fingerprint density at radius 2 is 2.14 bits per heavy atom. The van der Waals surface area contributed by atoms with Gasteiger partial charge in [-0.05, 0) is 36.7 Å². The Kier molecular flexibility index (Phi) is 7.98. The third-order valence-corrected chi connectivity index (χ3v) is 11.5. The molecule has 3 amide bonds. The highest BCUT2D eigenvalue weighted by atomic mass is 32.2. The van der Waals surface area contributed by atoms with Gasteiger partial charge >= 0.3 is 5.97 Å². The molecule has 1 aromatic heterocycles. The summed E-state index contributed by atoms with van der Waals surface area (Å²) in [5.74, 6) is -2.47. The lowest BCUT2D eigenvalue weighted by molar-refractivity contribution is -0.158. The van der Waals surface area contributed by atoms with E-state index >= 15 is 0 Å². The maximum atomic E-state index is 13.6. The van der Waals surface area contributed by atoms with Crippen molar-refractivity contribution in [2.45, 2.75) is 69.6 Å². The zero-order valence-electron chi connectivity index (χ0n) is 24.7. The van der Waals surface area contributed by atoms with Gasteiger partial charge in [0.05, 0.1) is 18.0 Å². The van der Waals surface area contributed by atoms with Crippen LogP contribution in [0.1, 0.15) is 33.6 Å². The average molecular weight is 617 g/mol. The predicted molar refractivity (Wildman–Crippen MR) is 155 cm³/mol. The summed E-state index contributed by atoms with van der Waals surface area (Å²) in [7, 11) is 0. The number of hydrogen-bond donors (Lipinski definition) is 4. The SMILES string of the molecule is CC(NC(=O)Cn1cnnn1)[C@H]1C(=O)N2C(C(=O)O)=C(SC3CNC(C(=O)N4CC5N(CCN)CC[C@@]5(C)C4)C3)[C@H](C)[C@H]12. The normalized spacial score (nSPS) is 34.4. The van der Waals surface area contributed by atoms with Gasteiger partial charge in [0, 0.05) is 66.3 Å². The summed E-state index contributed by atoms with van der Waals surface area (Å²) in [5.41, 5.74) is 5.92. The molecule has 6 rings (SSSR count). The van der Waals surface area contributed by atoms with Crippen LogP contribution in [-0.4, -0.2) is 132 Å². The maximum absolute atomic E-state index is 13.6. The minimum Gasteiger partial charge on any atom is -0.477 e. The van der Waals surface area contributed by atoms with Gasteiger partial charge in [0.15, 0.2) is 0 Å². The zero-order chi connectivity index (χ0) is 30.6. The first kappa shape index (κ1) is 30.0. The van der Waals surface area contributed by atoms with Gasteiger partial charge in [0.25, 0.3) is 0 Å². The summed E-state index contributed by atoms with van der Waals surface area (Å²) >= 11 is 1.46. The number of aromatic nitrogens is 4. The zero-order valence-corrected chi connectivity index (χ0v) is 25.5. The summed E-state index contributed by atoms with van der Waals surface area (Å²) in [6.45, 7) is 10.4. The largest absolute Gasteiger partial charge is 0.477 e. The van der Waals surface area contributed by atoms with Crippen LogP contribution in [0.5, 0.6) is 0 Å². The number of hydrogen-bond acceptors (Lipinski definition) is 11. The van der Waals surface area contributed by atoms with Gasteiger partial charge in [-0.25, -0.2) is 9.48 Å². The second-order valence-corrected chi connectivity index (χ2v) is 14.1. The Labute approximate surface area is 253 Å². The van der Waals surface area contributed by atoms with Crippen LogP contribution in [0.4, 0.5) is 0 Å². The first-order valence-corrected chi connectivity index (χ1v) is 15.8. The lowest BCUT2D eigenvalue weighted by atomic mass is 9.78. The molecule has 43 heavy (non-hydrogen) atoms. The highest BCUT2D eigenvalue weighted by Gasteiger charge is 2.60. The minimum absolute atomic E-state index is 0.00662. The van der Waals surface area contributed by atoms with Crippen molar-refractivity contribution < 1.29 is 24.3 Å². The number of β-lactam (4-membered cyclic amide) rings is 1. The fourth-order valence-electron chi connectivity index (χ4n) is 7.86. The number of carboxylic acid groups (broad SMARTS) is 1. The van der Waals surface area contributed by atoms with Gasteiger partial charge in [0.2, 0.25) is 17.7 Å². The lowest BCUT2D eigenvalue weighted by Gasteiger charge is -2.47. The number of amides is 3. The summed E-state index contributed by atoms with van der Waals surface area (Å²) in [6, 6.07) is -0.860. The van der Waals surface area contributed by atoms with Crippen LogP contribution in [0.3, 0.4) is 0 Å². The first-order valence-electron chi connectivity index (χ1n) is 15.0. The van der Waals surface area contributed by atoms with E-state index in [1.165, 1.54) is 27.7 Å². The number of aliphatic carboxylic acids is 1. The number of tetrazole rings is 1. The van der Waals surface area contributed by atoms with Crippen LogP contribution in [0.25, 0.3) is 0 Å². The molecular formula is C27H40N10O5S. The average Bonchev–Trinajstić information content (AvgIpc) is 3.76. The molecule has 0 saturated carbocycles. The van der Waals surface area contributed by atoms with Crippen molar-refractivity contribution in [2.24, 2.45) is 23.0 Å². The standard InChI is InChI=1S/C27H40N10O5S/c1-14-21-20(15(2)31-19(38)11-36-13-30-32-33-36)25(40)37(21)22(26(41)42)23(14)43-16-8-17(29-9-16)24(39)35-10-18-27(3,12-35)4-6-34(18)7-5-28/h13-18,20-21,29H,4-12,28H2,1-3H3,(H,31,38)(H,41,42)/t14-,15?,16?,17?,18?,20-,21-,27+/m1/s1. The topological polar surface area (TPSA) is 192 Å². The number of nitrogens with two attached hydrogens (primary N) is 1. The molecule has 5 N–H and O–H groups in total. The molecule has 0 bridgehead atoms. The monoisotopic (exact) mass is 616 g/mol. The van der Waals surface area contributed by atoms with Crippen LogP contribution in [0, 0.1) is 17.3 Å².